The van der Waals surface area contributed by atoms with Crippen LogP contribution in [0.5, 0.6) is 5.75 Å². The molecule has 0 radical (unpaired) electrons. The number of aromatic nitrogens is 5. The van der Waals surface area contributed by atoms with Gasteiger partial charge in [-0.25, -0.2) is 4.68 Å². The summed E-state index contributed by atoms with van der Waals surface area (Å²) in [6, 6.07) is 31.5. The molecule has 0 bridgehead atoms. The number of pyridine rings is 1. The van der Waals surface area contributed by atoms with E-state index < -0.39 is 6.04 Å². The predicted octanol–water partition coefficient (Wildman–Crippen LogP) is 6.83. The van der Waals surface area contributed by atoms with E-state index in [-0.39, 0.29) is 5.56 Å². The van der Waals surface area contributed by atoms with Crippen LogP contribution in [0.2, 0.25) is 5.02 Å². The van der Waals surface area contributed by atoms with Crippen LogP contribution in [0.15, 0.2) is 102 Å². The molecule has 45 heavy (non-hydrogen) atoms. The lowest BCUT2D eigenvalue weighted by molar-refractivity contribution is 0.193. The van der Waals surface area contributed by atoms with Gasteiger partial charge in [-0.15, -0.1) is 5.10 Å². The molecule has 228 valence electrons. The second-order valence-corrected chi connectivity index (χ2v) is 11.7. The number of rotatable bonds is 11. The number of hydrogen-bond acceptors (Lipinski definition) is 6. The molecule has 6 rings (SSSR count). The van der Waals surface area contributed by atoms with Gasteiger partial charge in [0, 0.05) is 35.6 Å². The number of hydrogen-bond donors (Lipinski definition) is 1. The molecule has 0 aliphatic heterocycles. The molecule has 0 amide bonds. The van der Waals surface area contributed by atoms with Crippen LogP contribution >= 0.6 is 11.6 Å². The van der Waals surface area contributed by atoms with E-state index in [2.05, 4.69) is 50.5 Å². The van der Waals surface area contributed by atoms with Gasteiger partial charge in [-0.2, -0.15) is 0 Å². The van der Waals surface area contributed by atoms with Crippen molar-refractivity contribution in [2.75, 3.05) is 7.11 Å². The third-order valence-corrected chi connectivity index (χ3v) is 8.64. The first-order valence-corrected chi connectivity index (χ1v) is 15.3. The van der Waals surface area contributed by atoms with Crippen LogP contribution in [0, 0.1) is 13.8 Å². The lowest BCUT2D eigenvalue weighted by atomic mass is 9.98. The minimum absolute atomic E-state index is 0.183. The third-order valence-electron chi connectivity index (χ3n) is 8.27. The summed E-state index contributed by atoms with van der Waals surface area (Å²) in [6.45, 7) is 5.56. The first-order valence-electron chi connectivity index (χ1n) is 14.9. The zero-order chi connectivity index (χ0) is 31.3. The van der Waals surface area contributed by atoms with Crippen LogP contribution in [-0.4, -0.2) is 37.2 Å². The number of ether oxygens (including phenoxy) is 1. The smallest absolute Gasteiger partial charge is 0.253 e. The van der Waals surface area contributed by atoms with Gasteiger partial charge in [0.25, 0.3) is 5.56 Å². The van der Waals surface area contributed by atoms with Crippen molar-refractivity contribution >= 4 is 22.5 Å². The first-order chi connectivity index (χ1) is 21.9. The van der Waals surface area contributed by atoms with E-state index >= 15 is 0 Å². The number of benzene rings is 4. The summed E-state index contributed by atoms with van der Waals surface area (Å²) < 4.78 is 7.23. The van der Waals surface area contributed by atoms with Gasteiger partial charge < -0.3 is 9.72 Å². The van der Waals surface area contributed by atoms with Crippen molar-refractivity contribution in [2.45, 2.75) is 45.9 Å². The number of fused-ring (bicyclic) bond motifs is 1. The molecule has 0 spiro atoms. The van der Waals surface area contributed by atoms with Gasteiger partial charge in [0.15, 0.2) is 5.82 Å². The summed E-state index contributed by atoms with van der Waals surface area (Å²) in [4.78, 5) is 19.5. The largest absolute Gasteiger partial charge is 0.497 e. The quantitative estimate of drug-likeness (QED) is 0.171. The summed E-state index contributed by atoms with van der Waals surface area (Å²) >= 11 is 6.73. The molecule has 9 heteroatoms. The van der Waals surface area contributed by atoms with E-state index in [0.29, 0.717) is 36.0 Å². The van der Waals surface area contributed by atoms with Crippen molar-refractivity contribution in [3.8, 4) is 5.75 Å². The maximum atomic E-state index is 14.1. The predicted molar refractivity (Wildman–Crippen MR) is 178 cm³/mol. The molecule has 4 aromatic carbocycles. The van der Waals surface area contributed by atoms with Crippen LogP contribution < -0.4 is 10.3 Å². The number of tetrazole rings is 1. The highest BCUT2D eigenvalue weighted by Gasteiger charge is 2.31. The van der Waals surface area contributed by atoms with Crippen molar-refractivity contribution < 1.29 is 4.74 Å². The van der Waals surface area contributed by atoms with Crippen molar-refractivity contribution in [1.29, 1.82) is 0 Å². The normalized spacial score (nSPS) is 12.1. The number of H-pyrrole nitrogens is 1. The van der Waals surface area contributed by atoms with Crippen LogP contribution in [0.4, 0.5) is 0 Å². The van der Waals surface area contributed by atoms with E-state index in [4.69, 9.17) is 16.3 Å². The minimum atomic E-state index is -0.595. The topological polar surface area (TPSA) is 88.9 Å². The molecule has 0 saturated carbocycles. The average Bonchev–Trinajstić information content (AvgIpc) is 3.52. The summed E-state index contributed by atoms with van der Waals surface area (Å²) in [7, 11) is 1.65. The fourth-order valence-corrected chi connectivity index (χ4v) is 5.98. The van der Waals surface area contributed by atoms with E-state index in [1.54, 1.807) is 7.11 Å². The van der Waals surface area contributed by atoms with Gasteiger partial charge in [0.2, 0.25) is 0 Å². The highest BCUT2D eigenvalue weighted by atomic mass is 35.5. The maximum Gasteiger partial charge on any atom is 0.253 e. The summed E-state index contributed by atoms with van der Waals surface area (Å²) in [6.07, 6.45) is 0.737. The highest BCUT2D eigenvalue weighted by molar-refractivity contribution is 6.31. The van der Waals surface area contributed by atoms with Crippen molar-refractivity contribution in [1.82, 2.24) is 30.1 Å². The molecule has 8 nitrogen and oxygen atoms in total. The Labute approximate surface area is 267 Å². The van der Waals surface area contributed by atoms with E-state index in [1.807, 2.05) is 90.5 Å². The monoisotopic (exact) mass is 618 g/mol. The lowest BCUT2D eigenvalue weighted by Crippen LogP contribution is -2.35. The molecule has 2 heterocycles. The fraction of sp³-hybridized carbons (Fsp3) is 0.222. The van der Waals surface area contributed by atoms with E-state index in [1.165, 1.54) is 5.56 Å². The first kappa shape index (κ1) is 30.2. The number of aryl methyl sites for hydroxylation is 4. The molecule has 0 saturated heterocycles. The average molecular weight is 619 g/mol. The number of nitrogens with zero attached hydrogens (tertiary/aromatic N) is 5. The van der Waals surface area contributed by atoms with Gasteiger partial charge in [-0.3, -0.25) is 9.69 Å². The molecule has 0 aliphatic carbocycles. The second-order valence-electron chi connectivity index (χ2n) is 11.3. The lowest BCUT2D eigenvalue weighted by Gasteiger charge is -2.31. The number of halogens is 1. The van der Waals surface area contributed by atoms with Crippen LogP contribution in [0.1, 0.15) is 45.2 Å². The Kier molecular flexibility index (Phi) is 9.05. The van der Waals surface area contributed by atoms with Crippen molar-refractivity contribution in [3.05, 3.63) is 152 Å². The third kappa shape index (κ3) is 6.67. The standard InChI is InChI=1S/C36H35ClN6O2/c1-24-13-14-25(2)33-30(24)21-31(36(44)38-33)34(35-39-40-41-43(35)20-19-26-9-5-4-6-10-26)42(23-28-11-7-8-12-32(28)37)22-27-15-17-29(45-3)18-16-27/h4-18,21,34H,19-20,22-23H2,1-3H3,(H,38,44)/t34-/m1/s1. The summed E-state index contributed by atoms with van der Waals surface area (Å²) in [5, 5.41) is 14.7. The van der Waals surface area contributed by atoms with Gasteiger partial charge in [-0.1, -0.05) is 84.4 Å². The SMILES string of the molecule is COc1ccc(CN(Cc2ccccc2Cl)[C@H](c2cc3c(C)ccc(C)c3[nH]c2=O)c2nnnn2CCc2ccccc2)cc1. The Morgan fingerprint density at radius 2 is 1.62 bits per heavy atom. The molecular weight excluding hydrogens is 584 g/mol. The molecule has 6 aromatic rings. The van der Waals surface area contributed by atoms with E-state index in [9.17, 15) is 4.79 Å². The molecule has 1 N–H and O–H groups in total. The Morgan fingerprint density at radius 3 is 2.38 bits per heavy atom. The molecule has 1 atom stereocenters. The molecule has 0 aliphatic rings. The zero-order valence-corrected chi connectivity index (χ0v) is 26.3. The van der Waals surface area contributed by atoms with Crippen molar-refractivity contribution in [3.63, 3.8) is 0 Å². The van der Waals surface area contributed by atoms with Crippen LogP contribution in [0.25, 0.3) is 10.9 Å². The summed E-state index contributed by atoms with van der Waals surface area (Å²) in [5.74, 6) is 1.36. The number of methoxy groups -OCH3 is 1. The van der Waals surface area contributed by atoms with Gasteiger partial charge in [-0.05, 0) is 82.8 Å². The highest BCUT2D eigenvalue weighted by Crippen LogP contribution is 2.32. The zero-order valence-electron chi connectivity index (χ0n) is 25.6. The van der Waals surface area contributed by atoms with Gasteiger partial charge >= 0.3 is 0 Å². The van der Waals surface area contributed by atoms with E-state index in [0.717, 1.165) is 45.3 Å². The minimum Gasteiger partial charge on any atom is -0.497 e. The second kappa shape index (κ2) is 13.5. The summed E-state index contributed by atoms with van der Waals surface area (Å²) in [5.41, 5.74) is 6.45. The molecule has 2 aromatic heterocycles. The van der Waals surface area contributed by atoms with Gasteiger partial charge in [0.05, 0.1) is 12.6 Å². The Balaban J connectivity index is 1.52. The van der Waals surface area contributed by atoms with Crippen LogP contribution in [0.3, 0.4) is 0 Å². The molecule has 0 unspecified atom stereocenters. The van der Waals surface area contributed by atoms with Crippen molar-refractivity contribution in [2.24, 2.45) is 0 Å². The Morgan fingerprint density at radius 1 is 0.889 bits per heavy atom. The molecular formula is C36H35ClN6O2. The molecule has 0 fully saturated rings. The van der Waals surface area contributed by atoms with Gasteiger partial charge in [0.1, 0.15) is 11.8 Å². The fourth-order valence-electron chi connectivity index (χ4n) is 5.79. The number of nitrogens with one attached hydrogen (secondary N) is 1. The van der Waals surface area contributed by atoms with Crippen LogP contribution in [-0.2, 0) is 26.1 Å². The maximum absolute atomic E-state index is 14.1. The Bertz CT molecular complexity index is 1970. The Hall–Kier alpha value is -4.79. The number of aromatic amines is 1.